The fraction of sp³-hybridized carbons (Fsp3) is 0.524. The normalized spacial score (nSPS) is 11.7. The van der Waals surface area contributed by atoms with Crippen LogP contribution in [-0.2, 0) is 24.0 Å². The number of aromatic amines is 2. The van der Waals surface area contributed by atoms with Gasteiger partial charge in [-0.1, -0.05) is 13.8 Å². The summed E-state index contributed by atoms with van der Waals surface area (Å²) in [5, 5.41) is 0. The van der Waals surface area contributed by atoms with Crippen molar-refractivity contribution in [3.63, 3.8) is 0 Å². The summed E-state index contributed by atoms with van der Waals surface area (Å²) in [4.78, 5) is 30.4. The Kier molecular flexibility index (Phi) is 5.79. The van der Waals surface area contributed by atoms with Crippen molar-refractivity contribution < 1.29 is 14.3 Å². The molecule has 0 bridgehead atoms. The number of nitrogens with one attached hydrogen (secondary N) is 2. The van der Waals surface area contributed by atoms with Crippen LogP contribution in [0.25, 0.3) is 0 Å². The fourth-order valence-corrected chi connectivity index (χ4v) is 3.49. The van der Waals surface area contributed by atoms with Crippen molar-refractivity contribution in [1.29, 1.82) is 0 Å². The fourth-order valence-electron chi connectivity index (χ4n) is 3.49. The van der Waals surface area contributed by atoms with E-state index in [1.165, 1.54) is 0 Å². The van der Waals surface area contributed by atoms with Crippen LogP contribution in [0.2, 0.25) is 0 Å². The molecule has 142 valence electrons. The van der Waals surface area contributed by atoms with Gasteiger partial charge in [0.2, 0.25) is 0 Å². The van der Waals surface area contributed by atoms with Gasteiger partial charge in [0.05, 0.1) is 5.69 Å². The van der Waals surface area contributed by atoms with Gasteiger partial charge in [0.15, 0.2) is 6.29 Å². The number of hydrogen-bond acceptors (Lipinski definition) is 3. The molecular formula is C21H30N2O3. The maximum absolute atomic E-state index is 12.5. The van der Waals surface area contributed by atoms with E-state index in [1.807, 2.05) is 41.5 Å². The second-order valence-electron chi connectivity index (χ2n) is 7.71. The molecule has 5 heteroatoms. The van der Waals surface area contributed by atoms with Crippen LogP contribution in [0.5, 0.6) is 0 Å². The molecule has 0 saturated carbocycles. The van der Waals surface area contributed by atoms with Crippen molar-refractivity contribution in [3.05, 3.63) is 45.0 Å². The molecule has 0 amide bonds. The maximum Gasteiger partial charge on any atom is 0.355 e. The lowest BCUT2D eigenvalue weighted by atomic mass is 10.0. The first-order valence-electron chi connectivity index (χ1n) is 9.22. The topological polar surface area (TPSA) is 75.0 Å². The molecular weight excluding hydrogens is 328 g/mol. The van der Waals surface area contributed by atoms with E-state index < -0.39 is 5.60 Å². The molecule has 2 aromatic heterocycles. The highest BCUT2D eigenvalue weighted by Gasteiger charge is 2.24. The second-order valence-corrected chi connectivity index (χ2v) is 7.71. The number of H-pyrrole nitrogens is 2. The van der Waals surface area contributed by atoms with Gasteiger partial charge in [0.25, 0.3) is 0 Å². The zero-order valence-electron chi connectivity index (χ0n) is 16.9. The van der Waals surface area contributed by atoms with Gasteiger partial charge < -0.3 is 14.7 Å². The average Bonchev–Trinajstić information content (AvgIpc) is 3.03. The Morgan fingerprint density at radius 1 is 1.00 bits per heavy atom. The largest absolute Gasteiger partial charge is 0.455 e. The van der Waals surface area contributed by atoms with Gasteiger partial charge in [-0.15, -0.1) is 0 Å². The minimum atomic E-state index is -0.536. The molecule has 0 fully saturated rings. The van der Waals surface area contributed by atoms with Crippen molar-refractivity contribution in [2.75, 3.05) is 0 Å². The van der Waals surface area contributed by atoms with Gasteiger partial charge in [-0.2, -0.15) is 0 Å². The van der Waals surface area contributed by atoms with E-state index in [0.29, 0.717) is 17.8 Å². The summed E-state index contributed by atoms with van der Waals surface area (Å²) < 4.78 is 5.53. The van der Waals surface area contributed by atoms with Crippen molar-refractivity contribution in [1.82, 2.24) is 9.97 Å². The van der Waals surface area contributed by atoms with E-state index >= 15 is 0 Å². The molecule has 2 heterocycles. The van der Waals surface area contributed by atoms with Crippen molar-refractivity contribution in [2.45, 2.75) is 73.3 Å². The Morgan fingerprint density at radius 3 is 2.08 bits per heavy atom. The monoisotopic (exact) mass is 358 g/mol. The third-order valence-corrected chi connectivity index (χ3v) is 4.77. The average molecular weight is 358 g/mol. The Balaban J connectivity index is 2.42. The third kappa shape index (κ3) is 3.92. The number of hydrogen-bond donors (Lipinski definition) is 2. The molecule has 0 aliphatic rings. The summed E-state index contributed by atoms with van der Waals surface area (Å²) in [6.07, 6.45) is 3.13. The molecule has 2 rings (SSSR count). The van der Waals surface area contributed by atoms with Crippen LogP contribution in [0.4, 0.5) is 0 Å². The van der Waals surface area contributed by atoms with Gasteiger partial charge in [0, 0.05) is 17.8 Å². The number of ether oxygens (including phenoxy) is 1. The summed E-state index contributed by atoms with van der Waals surface area (Å²) in [5.41, 5.74) is 6.87. The maximum atomic E-state index is 12.5. The van der Waals surface area contributed by atoms with Crippen molar-refractivity contribution in [3.8, 4) is 0 Å². The lowest BCUT2D eigenvalue weighted by molar-refractivity contribution is 0.00625. The molecule has 0 atom stereocenters. The van der Waals surface area contributed by atoms with E-state index in [0.717, 1.165) is 52.8 Å². The van der Waals surface area contributed by atoms with E-state index in [1.54, 1.807) is 0 Å². The van der Waals surface area contributed by atoms with Crippen LogP contribution >= 0.6 is 0 Å². The molecule has 0 spiro atoms. The number of esters is 1. The van der Waals surface area contributed by atoms with Gasteiger partial charge in [-0.05, 0) is 69.7 Å². The summed E-state index contributed by atoms with van der Waals surface area (Å²) in [6, 6.07) is 0. The van der Waals surface area contributed by atoms with Gasteiger partial charge in [-0.3, -0.25) is 4.79 Å². The molecule has 2 aromatic rings. The minimum absolute atomic E-state index is 0.331. The number of rotatable bonds is 6. The van der Waals surface area contributed by atoms with Crippen LogP contribution in [0.1, 0.15) is 89.2 Å². The predicted molar refractivity (Wildman–Crippen MR) is 103 cm³/mol. The Morgan fingerprint density at radius 2 is 1.62 bits per heavy atom. The summed E-state index contributed by atoms with van der Waals surface area (Å²) >= 11 is 0. The molecule has 0 saturated heterocycles. The minimum Gasteiger partial charge on any atom is -0.455 e. The summed E-state index contributed by atoms with van der Waals surface area (Å²) in [7, 11) is 0. The first-order valence-corrected chi connectivity index (χ1v) is 9.22. The molecule has 0 radical (unpaired) electrons. The van der Waals surface area contributed by atoms with Crippen LogP contribution in [-0.4, -0.2) is 27.8 Å². The molecule has 0 aromatic carbocycles. The lowest BCUT2D eigenvalue weighted by Crippen LogP contribution is -2.24. The Bertz CT molecular complexity index is 819. The van der Waals surface area contributed by atoms with E-state index in [-0.39, 0.29) is 5.97 Å². The van der Waals surface area contributed by atoms with Crippen LogP contribution in [0.3, 0.4) is 0 Å². The Hall–Kier alpha value is -2.30. The van der Waals surface area contributed by atoms with E-state index in [9.17, 15) is 9.59 Å². The number of aromatic nitrogens is 2. The van der Waals surface area contributed by atoms with Crippen LogP contribution in [0, 0.1) is 13.8 Å². The predicted octanol–water partition coefficient (Wildman–Crippen LogP) is 4.44. The summed E-state index contributed by atoms with van der Waals surface area (Å²) in [6.45, 7) is 13.7. The first kappa shape index (κ1) is 20.0. The van der Waals surface area contributed by atoms with Crippen LogP contribution in [0.15, 0.2) is 0 Å². The summed E-state index contributed by atoms with van der Waals surface area (Å²) in [5.74, 6) is -0.331. The second kappa shape index (κ2) is 7.52. The highest BCUT2D eigenvalue weighted by atomic mass is 16.6. The number of carbonyl (C=O) groups excluding carboxylic acids is 2. The smallest absolute Gasteiger partial charge is 0.355 e. The number of carbonyl (C=O) groups is 2. The molecule has 26 heavy (non-hydrogen) atoms. The van der Waals surface area contributed by atoms with Crippen molar-refractivity contribution >= 4 is 12.3 Å². The van der Waals surface area contributed by atoms with Gasteiger partial charge in [0.1, 0.15) is 11.3 Å². The highest BCUT2D eigenvalue weighted by molar-refractivity contribution is 5.90. The highest BCUT2D eigenvalue weighted by Crippen LogP contribution is 2.26. The Labute approximate surface area is 155 Å². The SMILES string of the molecule is CCc1c(C=O)[nH]c(Cc2[nH]c(C(=O)OC(C)(C)C)c(C)c2CC)c1C. The van der Waals surface area contributed by atoms with Crippen LogP contribution < -0.4 is 0 Å². The molecule has 0 aliphatic carbocycles. The number of aldehydes is 1. The zero-order chi connectivity index (χ0) is 19.6. The lowest BCUT2D eigenvalue weighted by Gasteiger charge is -2.19. The molecule has 0 unspecified atom stereocenters. The molecule has 5 nitrogen and oxygen atoms in total. The first-order chi connectivity index (χ1) is 12.1. The van der Waals surface area contributed by atoms with E-state index in [4.69, 9.17) is 4.74 Å². The quantitative estimate of drug-likeness (QED) is 0.592. The molecule has 0 aliphatic heterocycles. The standard InChI is InChI=1S/C21H30N2O3/c1-8-14-12(3)16(22-18(14)11-24)10-17-15(9-2)13(4)19(23-17)20(25)26-21(5,6)7/h11,22-23H,8-10H2,1-7H3. The van der Waals surface area contributed by atoms with Crippen molar-refractivity contribution in [2.24, 2.45) is 0 Å². The third-order valence-electron chi connectivity index (χ3n) is 4.77. The van der Waals surface area contributed by atoms with Gasteiger partial charge >= 0.3 is 5.97 Å². The van der Waals surface area contributed by atoms with E-state index in [2.05, 4.69) is 16.9 Å². The molecule has 2 N–H and O–H groups in total. The van der Waals surface area contributed by atoms with Gasteiger partial charge in [-0.25, -0.2) is 4.79 Å². The zero-order valence-corrected chi connectivity index (χ0v) is 16.9.